The van der Waals surface area contributed by atoms with Gasteiger partial charge in [0.25, 0.3) is 0 Å². The van der Waals surface area contributed by atoms with Gasteiger partial charge in [-0.05, 0) is 31.9 Å². The molecule has 11 heteroatoms. The number of para-hydroxylation sites is 2. The summed E-state index contributed by atoms with van der Waals surface area (Å²) in [5.41, 5.74) is 6.76. The molecule has 4 N–H and O–H groups in total. The minimum absolute atomic E-state index is 0.306. The molecule has 11 nitrogen and oxygen atoms in total. The van der Waals surface area contributed by atoms with Crippen LogP contribution in [0.25, 0.3) is 0 Å². The number of ether oxygens (including phenoxy) is 1. The summed E-state index contributed by atoms with van der Waals surface area (Å²) < 4.78 is 5.81. The van der Waals surface area contributed by atoms with Crippen LogP contribution in [0.15, 0.2) is 24.3 Å². The van der Waals surface area contributed by atoms with E-state index in [1.807, 2.05) is 30.0 Å². The minimum atomic E-state index is -0.731. The lowest BCUT2D eigenvalue weighted by Crippen LogP contribution is -2.47. The molecule has 0 bridgehead atoms. The molecule has 2 fully saturated rings. The quantitative estimate of drug-likeness (QED) is 0.489. The summed E-state index contributed by atoms with van der Waals surface area (Å²) >= 11 is 0. The van der Waals surface area contributed by atoms with Gasteiger partial charge in [-0.2, -0.15) is 15.0 Å². The Labute approximate surface area is 199 Å². The van der Waals surface area contributed by atoms with E-state index in [-0.39, 0.29) is 5.92 Å². The molecule has 2 aliphatic heterocycles. The maximum absolute atomic E-state index is 11.3. The van der Waals surface area contributed by atoms with Gasteiger partial charge < -0.3 is 35.6 Å². The Balaban J connectivity index is 1.48. The number of piperidine rings is 1. The van der Waals surface area contributed by atoms with Crippen molar-refractivity contribution in [1.29, 1.82) is 0 Å². The van der Waals surface area contributed by atoms with Crippen LogP contribution in [-0.2, 0) is 4.79 Å². The molecule has 2 saturated heterocycles. The number of nitrogens with one attached hydrogen (secondary N) is 1. The van der Waals surface area contributed by atoms with Gasteiger partial charge in [-0.25, -0.2) is 0 Å². The topological polar surface area (TPSA) is 133 Å². The van der Waals surface area contributed by atoms with Gasteiger partial charge >= 0.3 is 5.97 Å². The smallest absolute Gasteiger partial charge is 0.306 e. The third-order valence-electron chi connectivity index (χ3n) is 6.23. The minimum Gasteiger partial charge on any atom is -0.492 e. The van der Waals surface area contributed by atoms with Crippen molar-refractivity contribution < 1.29 is 14.6 Å². The number of hydrogen-bond donors (Lipinski definition) is 3. The number of piperazine rings is 1. The number of hydrogen-bond acceptors (Lipinski definition) is 10. The summed E-state index contributed by atoms with van der Waals surface area (Å²) in [4.78, 5) is 31.9. The zero-order valence-electron chi connectivity index (χ0n) is 19.7. The number of carboxylic acid groups (broad SMARTS) is 1. The Morgan fingerprint density at radius 2 is 1.65 bits per heavy atom. The number of aromatic nitrogens is 3. The predicted molar refractivity (Wildman–Crippen MR) is 132 cm³/mol. The number of carbonyl (C=O) groups is 1. The second-order valence-corrected chi connectivity index (χ2v) is 8.45. The van der Waals surface area contributed by atoms with Gasteiger partial charge in [-0.3, -0.25) is 4.79 Å². The van der Waals surface area contributed by atoms with Gasteiger partial charge in [0.15, 0.2) is 0 Å². The van der Waals surface area contributed by atoms with Crippen molar-refractivity contribution in [1.82, 2.24) is 15.0 Å². The molecule has 0 unspecified atom stereocenters. The molecule has 2 aliphatic rings. The van der Waals surface area contributed by atoms with E-state index in [9.17, 15) is 9.90 Å². The molecule has 0 radical (unpaired) electrons. The fourth-order valence-corrected chi connectivity index (χ4v) is 4.37. The van der Waals surface area contributed by atoms with Crippen LogP contribution in [0.4, 0.5) is 23.5 Å². The monoisotopic (exact) mass is 470 g/mol. The average molecular weight is 471 g/mol. The highest BCUT2D eigenvalue weighted by Crippen LogP contribution is 2.30. The van der Waals surface area contributed by atoms with Crippen molar-refractivity contribution in [2.24, 2.45) is 11.7 Å². The van der Waals surface area contributed by atoms with Crippen LogP contribution < -0.4 is 30.5 Å². The lowest BCUT2D eigenvalue weighted by atomic mass is 9.97. The van der Waals surface area contributed by atoms with Gasteiger partial charge in [-0.15, -0.1) is 0 Å². The van der Waals surface area contributed by atoms with Gasteiger partial charge in [0, 0.05) is 52.4 Å². The van der Waals surface area contributed by atoms with Gasteiger partial charge in [-0.1, -0.05) is 12.1 Å². The summed E-state index contributed by atoms with van der Waals surface area (Å²) in [6.45, 7) is 8.05. The van der Waals surface area contributed by atoms with Gasteiger partial charge in [0.05, 0.1) is 18.2 Å². The molecule has 0 spiro atoms. The van der Waals surface area contributed by atoms with E-state index >= 15 is 0 Å². The molecule has 0 amide bonds. The molecule has 2 aromatic rings. The average Bonchev–Trinajstić information content (AvgIpc) is 2.88. The second-order valence-electron chi connectivity index (χ2n) is 8.45. The second kappa shape index (κ2) is 11.2. The number of carboxylic acids is 1. The fraction of sp³-hybridized carbons (Fsp3) is 0.565. The molecule has 0 saturated carbocycles. The molecule has 4 rings (SSSR count). The zero-order valence-corrected chi connectivity index (χ0v) is 19.7. The van der Waals surface area contributed by atoms with Crippen LogP contribution in [0, 0.1) is 5.92 Å². The molecular formula is C23H34N8O3. The summed E-state index contributed by atoms with van der Waals surface area (Å²) in [6, 6.07) is 8.13. The molecule has 34 heavy (non-hydrogen) atoms. The Hall–Kier alpha value is -3.34. The first-order chi connectivity index (χ1) is 16.6. The standard InChI is InChI=1S/C23H34N8O3/c1-2-34-19-6-4-3-5-18(19)29-13-15-31(16-14-29)23-27-21(25-10-9-24)26-22(28-23)30-11-7-17(8-12-30)20(32)33/h3-6,17H,2,7-16,24H2,1H3,(H,32,33)(H,25,26,27,28). The lowest BCUT2D eigenvalue weighted by Gasteiger charge is -2.37. The number of nitrogens with two attached hydrogens (primary N) is 1. The lowest BCUT2D eigenvalue weighted by molar-refractivity contribution is -0.142. The zero-order chi connectivity index (χ0) is 23.9. The van der Waals surface area contributed by atoms with E-state index in [1.54, 1.807) is 0 Å². The van der Waals surface area contributed by atoms with Crippen molar-refractivity contribution in [3.63, 3.8) is 0 Å². The summed E-state index contributed by atoms with van der Waals surface area (Å²) in [7, 11) is 0. The third kappa shape index (κ3) is 5.58. The normalized spacial score (nSPS) is 17.1. The molecule has 3 heterocycles. The van der Waals surface area contributed by atoms with E-state index in [0.29, 0.717) is 63.5 Å². The SMILES string of the molecule is CCOc1ccccc1N1CCN(c2nc(NCCN)nc(N3CCC(C(=O)O)CC3)n2)CC1. The molecular weight excluding hydrogens is 436 g/mol. The highest BCUT2D eigenvalue weighted by atomic mass is 16.5. The predicted octanol–water partition coefficient (Wildman–Crippen LogP) is 1.27. The van der Waals surface area contributed by atoms with Crippen LogP contribution in [0.3, 0.4) is 0 Å². The van der Waals surface area contributed by atoms with Crippen molar-refractivity contribution in [3.05, 3.63) is 24.3 Å². The van der Waals surface area contributed by atoms with Gasteiger partial charge in [0.2, 0.25) is 17.8 Å². The maximum atomic E-state index is 11.3. The molecule has 0 aliphatic carbocycles. The highest BCUT2D eigenvalue weighted by Gasteiger charge is 2.28. The summed E-state index contributed by atoms with van der Waals surface area (Å²) in [5.74, 6) is 1.57. The number of benzene rings is 1. The summed E-state index contributed by atoms with van der Waals surface area (Å²) in [5, 5.41) is 12.5. The maximum Gasteiger partial charge on any atom is 0.306 e. The number of rotatable bonds is 9. The molecule has 1 aromatic heterocycles. The first-order valence-electron chi connectivity index (χ1n) is 12.0. The van der Waals surface area contributed by atoms with Crippen LogP contribution in [0.1, 0.15) is 19.8 Å². The van der Waals surface area contributed by atoms with E-state index in [1.165, 1.54) is 0 Å². The molecule has 1 aromatic carbocycles. The number of nitrogens with zero attached hydrogens (tertiary/aromatic N) is 6. The van der Waals surface area contributed by atoms with Crippen molar-refractivity contribution in [3.8, 4) is 5.75 Å². The number of aliphatic carboxylic acids is 1. The van der Waals surface area contributed by atoms with Crippen LogP contribution in [0.2, 0.25) is 0 Å². The Morgan fingerprint density at radius 3 is 2.26 bits per heavy atom. The first kappa shape index (κ1) is 23.8. The van der Waals surface area contributed by atoms with Crippen LogP contribution in [-0.4, -0.2) is 85.0 Å². The van der Waals surface area contributed by atoms with E-state index < -0.39 is 5.97 Å². The van der Waals surface area contributed by atoms with Crippen LogP contribution in [0.5, 0.6) is 5.75 Å². The van der Waals surface area contributed by atoms with E-state index in [2.05, 4.69) is 31.2 Å². The first-order valence-corrected chi connectivity index (χ1v) is 12.0. The third-order valence-corrected chi connectivity index (χ3v) is 6.23. The van der Waals surface area contributed by atoms with Crippen molar-refractivity contribution in [2.45, 2.75) is 19.8 Å². The van der Waals surface area contributed by atoms with Crippen molar-refractivity contribution >= 4 is 29.5 Å². The number of anilines is 4. The largest absolute Gasteiger partial charge is 0.492 e. The highest BCUT2D eigenvalue weighted by molar-refractivity contribution is 5.70. The van der Waals surface area contributed by atoms with E-state index in [4.69, 9.17) is 15.5 Å². The van der Waals surface area contributed by atoms with Gasteiger partial charge in [0.1, 0.15) is 5.75 Å². The molecule has 184 valence electrons. The Morgan fingerprint density at radius 1 is 1.03 bits per heavy atom. The molecule has 0 atom stereocenters. The Bertz CT molecular complexity index is 959. The Kier molecular flexibility index (Phi) is 7.84. The van der Waals surface area contributed by atoms with Crippen LogP contribution >= 0.6 is 0 Å². The summed E-state index contributed by atoms with van der Waals surface area (Å²) in [6.07, 6.45) is 1.17. The van der Waals surface area contributed by atoms with Crippen molar-refractivity contribution in [2.75, 3.05) is 79.0 Å². The fourth-order valence-electron chi connectivity index (χ4n) is 4.37. The van der Waals surface area contributed by atoms with E-state index in [0.717, 1.165) is 37.6 Å².